The van der Waals surface area contributed by atoms with Crippen molar-refractivity contribution in [2.24, 2.45) is 5.92 Å². The third-order valence-corrected chi connectivity index (χ3v) is 5.81. The number of benzene rings is 1. The summed E-state index contributed by atoms with van der Waals surface area (Å²) in [6.07, 6.45) is 0.701. The van der Waals surface area contributed by atoms with E-state index in [1.807, 2.05) is 0 Å². The van der Waals surface area contributed by atoms with Crippen LogP contribution in [0.3, 0.4) is 0 Å². The molecule has 1 aromatic carbocycles. The molecular weight excluding hydrogens is 278 g/mol. The maximum Gasteiger partial charge on any atom is 0.231 e. The lowest BCUT2D eigenvalue weighted by Crippen LogP contribution is -2.20. The second-order valence-corrected chi connectivity index (χ2v) is 7.67. The zero-order valence-corrected chi connectivity index (χ0v) is 11.9. The predicted octanol–water partition coefficient (Wildman–Crippen LogP) is 0.823. The van der Waals surface area contributed by atoms with Gasteiger partial charge in [0, 0.05) is 24.2 Å². The van der Waals surface area contributed by atoms with Gasteiger partial charge in [-0.1, -0.05) is 0 Å². The number of ketones is 1. The number of carbonyl (C=O) groups is 2. The van der Waals surface area contributed by atoms with Gasteiger partial charge in [0.15, 0.2) is 15.6 Å². The summed E-state index contributed by atoms with van der Waals surface area (Å²) in [6.45, 7) is 0. The van der Waals surface area contributed by atoms with Crippen molar-refractivity contribution in [1.29, 1.82) is 0 Å². The molecule has 0 radical (unpaired) electrons. The average molecular weight is 293 g/mol. The molecule has 0 bridgehead atoms. The average Bonchev–Trinajstić information content (AvgIpc) is 2.89. The van der Waals surface area contributed by atoms with Gasteiger partial charge in [-0.15, -0.1) is 0 Å². The Morgan fingerprint density at radius 2 is 2.10 bits per heavy atom. The fraction of sp³-hybridized carbons (Fsp3) is 0.429. The van der Waals surface area contributed by atoms with E-state index in [4.69, 9.17) is 0 Å². The minimum atomic E-state index is -3.06. The summed E-state index contributed by atoms with van der Waals surface area (Å²) in [5.74, 6) is -0.520. The summed E-state index contributed by atoms with van der Waals surface area (Å²) < 4.78 is 22.9. The molecule has 1 amide bonds. The lowest BCUT2D eigenvalue weighted by atomic mass is 9.95. The van der Waals surface area contributed by atoms with E-state index in [9.17, 15) is 18.0 Å². The van der Waals surface area contributed by atoms with Gasteiger partial charge in [-0.25, -0.2) is 8.42 Å². The Hall–Kier alpha value is -1.69. The number of likely N-dealkylation sites (N-methyl/N-ethyl adjacent to an activating group) is 1. The predicted molar refractivity (Wildman–Crippen MR) is 74.6 cm³/mol. The van der Waals surface area contributed by atoms with Crippen LogP contribution in [0.25, 0.3) is 0 Å². The third-order valence-electron chi connectivity index (χ3n) is 4.04. The largest absolute Gasteiger partial charge is 0.315 e. The van der Waals surface area contributed by atoms with E-state index in [-0.39, 0.29) is 23.2 Å². The summed E-state index contributed by atoms with van der Waals surface area (Å²) in [5, 5.41) is 0. The van der Waals surface area contributed by atoms with Crippen LogP contribution in [0.4, 0.5) is 5.69 Å². The number of carbonyl (C=O) groups excluding carboxylic acids is 2. The zero-order valence-electron chi connectivity index (χ0n) is 11.1. The molecule has 1 fully saturated rings. The van der Waals surface area contributed by atoms with Gasteiger partial charge in [-0.3, -0.25) is 9.59 Å². The highest BCUT2D eigenvalue weighted by Crippen LogP contribution is 2.30. The molecule has 0 aliphatic carbocycles. The highest BCUT2D eigenvalue weighted by molar-refractivity contribution is 7.91. The molecule has 1 saturated heterocycles. The first-order valence-corrected chi connectivity index (χ1v) is 8.34. The van der Waals surface area contributed by atoms with Crippen molar-refractivity contribution in [3.8, 4) is 0 Å². The summed E-state index contributed by atoms with van der Waals surface area (Å²) in [7, 11) is -1.35. The second kappa shape index (κ2) is 4.41. The highest BCUT2D eigenvalue weighted by atomic mass is 32.2. The van der Waals surface area contributed by atoms with Crippen LogP contribution in [0.2, 0.25) is 0 Å². The summed E-state index contributed by atoms with van der Waals surface area (Å²) in [4.78, 5) is 25.5. The molecule has 106 valence electrons. The number of hydrogen-bond donors (Lipinski definition) is 0. The summed E-state index contributed by atoms with van der Waals surface area (Å²) >= 11 is 0. The van der Waals surface area contributed by atoms with Crippen LogP contribution in [0, 0.1) is 5.92 Å². The van der Waals surface area contributed by atoms with Crippen LogP contribution in [0.1, 0.15) is 22.3 Å². The SMILES string of the molecule is CN1C(=O)Cc2cc(C(=O)C3CCS(=O)(=O)C3)ccc21. The van der Waals surface area contributed by atoms with Gasteiger partial charge >= 0.3 is 0 Å². The van der Waals surface area contributed by atoms with Gasteiger partial charge in [-0.05, 0) is 30.2 Å². The number of fused-ring (bicyclic) bond motifs is 1. The topological polar surface area (TPSA) is 71.5 Å². The highest BCUT2D eigenvalue weighted by Gasteiger charge is 2.34. The van der Waals surface area contributed by atoms with Gasteiger partial charge in [0.05, 0.1) is 17.9 Å². The molecule has 0 spiro atoms. The van der Waals surface area contributed by atoms with E-state index < -0.39 is 15.8 Å². The maximum atomic E-state index is 12.3. The molecule has 0 saturated carbocycles. The van der Waals surface area contributed by atoms with Gasteiger partial charge in [0.2, 0.25) is 5.91 Å². The van der Waals surface area contributed by atoms with Crippen LogP contribution in [-0.2, 0) is 21.1 Å². The van der Waals surface area contributed by atoms with E-state index in [0.717, 1.165) is 11.3 Å². The molecular formula is C14H15NO4S. The number of amides is 1. The number of hydrogen-bond acceptors (Lipinski definition) is 4. The molecule has 2 aliphatic heterocycles. The maximum absolute atomic E-state index is 12.3. The smallest absolute Gasteiger partial charge is 0.231 e. The minimum absolute atomic E-state index is 0.00745. The van der Waals surface area contributed by atoms with Crippen molar-refractivity contribution >= 4 is 27.2 Å². The van der Waals surface area contributed by atoms with Crippen LogP contribution in [0.5, 0.6) is 0 Å². The molecule has 1 unspecified atom stereocenters. The van der Waals surface area contributed by atoms with Gasteiger partial charge in [0.1, 0.15) is 0 Å². The summed E-state index contributed by atoms with van der Waals surface area (Å²) in [6, 6.07) is 5.17. The number of Topliss-reactive ketones (excluding diaryl/α,β-unsaturated/α-hetero) is 1. The molecule has 20 heavy (non-hydrogen) atoms. The van der Waals surface area contributed by atoms with Crippen molar-refractivity contribution in [2.75, 3.05) is 23.5 Å². The van der Waals surface area contributed by atoms with Crippen LogP contribution < -0.4 is 4.90 Å². The number of anilines is 1. The van der Waals surface area contributed by atoms with Crippen molar-refractivity contribution in [2.45, 2.75) is 12.8 Å². The first-order chi connectivity index (χ1) is 9.37. The molecule has 5 nitrogen and oxygen atoms in total. The lowest BCUT2D eigenvalue weighted by molar-refractivity contribution is -0.117. The van der Waals surface area contributed by atoms with Gasteiger partial charge in [0.25, 0.3) is 0 Å². The molecule has 0 N–H and O–H groups in total. The fourth-order valence-corrected chi connectivity index (χ4v) is 4.60. The Bertz CT molecular complexity index is 708. The van der Waals surface area contributed by atoms with Gasteiger partial charge in [-0.2, -0.15) is 0 Å². The zero-order chi connectivity index (χ0) is 14.5. The van der Waals surface area contributed by atoms with E-state index in [2.05, 4.69) is 0 Å². The van der Waals surface area contributed by atoms with Gasteiger partial charge < -0.3 is 4.90 Å². The van der Waals surface area contributed by atoms with Crippen LogP contribution in [-0.4, -0.2) is 38.7 Å². The minimum Gasteiger partial charge on any atom is -0.315 e. The van der Waals surface area contributed by atoms with Crippen molar-refractivity contribution in [3.63, 3.8) is 0 Å². The lowest BCUT2D eigenvalue weighted by Gasteiger charge is -2.11. The van der Waals surface area contributed by atoms with E-state index in [1.54, 1.807) is 30.1 Å². The van der Waals surface area contributed by atoms with Crippen LogP contribution in [0.15, 0.2) is 18.2 Å². The molecule has 3 rings (SSSR count). The molecule has 2 heterocycles. The normalized spacial score (nSPS) is 23.9. The Kier molecular flexibility index (Phi) is 2.93. The Labute approximate surface area is 117 Å². The summed E-state index contributed by atoms with van der Waals surface area (Å²) in [5.41, 5.74) is 2.17. The van der Waals surface area contributed by atoms with Crippen molar-refractivity contribution < 1.29 is 18.0 Å². The number of nitrogens with zero attached hydrogens (tertiary/aromatic N) is 1. The quantitative estimate of drug-likeness (QED) is 0.757. The first kappa shape index (κ1) is 13.3. The van der Waals surface area contributed by atoms with Crippen LogP contribution >= 0.6 is 0 Å². The van der Waals surface area contributed by atoms with E-state index >= 15 is 0 Å². The Balaban J connectivity index is 1.88. The number of rotatable bonds is 2. The third kappa shape index (κ3) is 2.14. The van der Waals surface area contributed by atoms with Crippen molar-refractivity contribution in [1.82, 2.24) is 0 Å². The Morgan fingerprint density at radius 1 is 1.35 bits per heavy atom. The molecule has 2 aliphatic rings. The molecule has 6 heteroatoms. The van der Waals surface area contributed by atoms with Crippen molar-refractivity contribution in [3.05, 3.63) is 29.3 Å². The van der Waals surface area contributed by atoms with E-state index in [0.29, 0.717) is 18.4 Å². The fourth-order valence-electron chi connectivity index (χ4n) is 2.86. The van der Waals surface area contributed by atoms with E-state index in [1.165, 1.54) is 0 Å². The second-order valence-electron chi connectivity index (χ2n) is 5.44. The first-order valence-electron chi connectivity index (χ1n) is 6.51. The Morgan fingerprint density at radius 3 is 2.75 bits per heavy atom. The molecule has 1 atom stereocenters. The monoisotopic (exact) mass is 293 g/mol. The number of sulfone groups is 1. The molecule has 1 aromatic rings. The standard InChI is InChI=1S/C14H15NO4S/c1-15-12-3-2-9(6-11(12)7-13(15)16)14(17)10-4-5-20(18,19)8-10/h2-3,6,10H,4-5,7-8H2,1H3. The molecule has 0 aromatic heterocycles.